The number of aliphatic hydroxyl groups excluding tert-OH is 1. The molecule has 5 nitrogen and oxygen atoms in total. The number of aromatic nitrogens is 1. The third-order valence-electron chi connectivity index (χ3n) is 3.41. The molecule has 0 saturated heterocycles. The van der Waals surface area contributed by atoms with Crippen molar-refractivity contribution in [1.29, 1.82) is 0 Å². The van der Waals surface area contributed by atoms with Gasteiger partial charge in [0.1, 0.15) is 0 Å². The van der Waals surface area contributed by atoms with E-state index >= 15 is 0 Å². The van der Waals surface area contributed by atoms with Gasteiger partial charge < -0.3 is 10.2 Å². The summed E-state index contributed by atoms with van der Waals surface area (Å²) in [6.07, 6.45) is 3.80. The van der Waals surface area contributed by atoms with Crippen LogP contribution in [0.4, 0.5) is 0 Å². The summed E-state index contributed by atoms with van der Waals surface area (Å²) in [6, 6.07) is 0.161. The van der Waals surface area contributed by atoms with Crippen molar-refractivity contribution in [2.24, 2.45) is 0 Å². The third-order valence-corrected chi connectivity index (χ3v) is 4.29. The molecule has 2 unspecified atom stereocenters. The molecule has 18 heavy (non-hydrogen) atoms. The number of carboxylic acid groups (broad SMARTS) is 1. The van der Waals surface area contributed by atoms with Crippen LogP contribution in [0.1, 0.15) is 41.2 Å². The van der Waals surface area contributed by atoms with E-state index in [-0.39, 0.29) is 17.2 Å². The summed E-state index contributed by atoms with van der Waals surface area (Å²) in [7, 11) is 1.96. The SMILES string of the molecule is CN(Cc1csc(C(=O)O)n1)C1CCCCC1O. The van der Waals surface area contributed by atoms with Crippen LogP contribution < -0.4 is 0 Å². The van der Waals surface area contributed by atoms with Gasteiger partial charge in [0.2, 0.25) is 5.01 Å². The van der Waals surface area contributed by atoms with E-state index in [9.17, 15) is 9.90 Å². The molecule has 1 aromatic heterocycles. The van der Waals surface area contributed by atoms with E-state index in [1.165, 1.54) is 0 Å². The van der Waals surface area contributed by atoms with E-state index in [4.69, 9.17) is 5.11 Å². The van der Waals surface area contributed by atoms with Crippen LogP contribution in [-0.4, -0.2) is 45.3 Å². The molecular formula is C12H18N2O3S. The normalized spacial score (nSPS) is 24.4. The van der Waals surface area contributed by atoms with Gasteiger partial charge in [-0.3, -0.25) is 4.90 Å². The fraction of sp³-hybridized carbons (Fsp3) is 0.667. The molecule has 0 radical (unpaired) electrons. The summed E-state index contributed by atoms with van der Waals surface area (Å²) in [4.78, 5) is 16.9. The molecule has 0 aromatic carbocycles. The lowest BCUT2D eigenvalue weighted by molar-refractivity contribution is 0.0283. The largest absolute Gasteiger partial charge is 0.476 e. The maximum absolute atomic E-state index is 10.7. The van der Waals surface area contributed by atoms with Crippen molar-refractivity contribution in [2.75, 3.05) is 7.05 Å². The number of likely N-dealkylation sites (N-methyl/N-ethyl adjacent to an activating group) is 1. The molecule has 0 bridgehead atoms. The molecule has 6 heteroatoms. The zero-order chi connectivity index (χ0) is 13.1. The molecule has 2 rings (SSSR count). The highest BCUT2D eigenvalue weighted by molar-refractivity contribution is 7.11. The first-order chi connectivity index (χ1) is 8.58. The van der Waals surface area contributed by atoms with Gasteiger partial charge >= 0.3 is 5.97 Å². The molecule has 1 aliphatic rings. The Bertz CT molecular complexity index is 421. The van der Waals surface area contributed by atoms with Crippen molar-refractivity contribution in [3.8, 4) is 0 Å². The molecule has 1 saturated carbocycles. The molecule has 1 fully saturated rings. The number of thiazole rings is 1. The number of carbonyl (C=O) groups is 1. The zero-order valence-electron chi connectivity index (χ0n) is 10.4. The van der Waals surface area contributed by atoms with Gasteiger partial charge in [0, 0.05) is 18.0 Å². The second-order valence-electron chi connectivity index (χ2n) is 4.78. The van der Waals surface area contributed by atoms with Crippen molar-refractivity contribution >= 4 is 17.3 Å². The van der Waals surface area contributed by atoms with E-state index < -0.39 is 5.97 Å². The molecule has 1 aromatic rings. The van der Waals surface area contributed by atoms with Gasteiger partial charge in [-0.25, -0.2) is 9.78 Å². The maximum Gasteiger partial charge on any atom is 0.365 e. The van der Waals surface area contributed by atoms with Gasteiger partial charge in [-0.15, -0.1) is 11.3 Å². The molecule has 1 heterocycles. The summed E-state index contributed by atoms with van der Waals surface area (Å²) < 4.78 is 0. The first-order valence-electron chi connectivity index (χ1n) is 6.14. The Balaban J connectivity index is 1.97. The average molecular weight is 270 g/mol. The van der Waals surface area contributed by atoms with Crippen molar-refractivity contribution < 1.29 is 15.0 Å². The fourth-order valence-electron chi connectivity index (χ4n) is 2.46. The highest BCUT2D eigenvalue weighted by Gasteiger charge is 2.26. The Morgan fingerprint density at radius 1 is 1.56 bits per heavy atom. The minimum absolute atomic E-state index is 0.127. The Kier molecular flexibility index (Phi) is 4.31. The minimum atomic E-state index is -0.980. The topological polar surface area (TPSA) is 73.7 Å². The first-order valence-corrected chi connectivity index (χ1v) is 7.02. The van der Waals surface area contributed by atoms with Crippen LogP contribution in [0.25, 0.3) is 0 Å². The van der Waals surface area contributed by atoms with Crippen LogP contribution in [0, 0.1) is 0 Å². The number of hydrogen-bond donors (Lipinski definition) is 2. The summed E-state index contributed by atoms with van der Waals surface area (Å²) in [5.41, 5.74) is 0.762. The summed E-state index contributed by atoms with van der Waals surface area (Å²) >= 11 is 1.15. The predicted molar refractivity (Wildman–Crippen MR) is 68.8 cm³/mol. The Morgan fingerprint density at radius 3 is 2.89 bits per heavy atom. The van der Waals surface area contributed by atoms with Crippen molar-refractivity contribution in [3.05, 3.63) is 16.1 Å². The van der Waals surface area contributed by atoms with Crippen LogP contribution in [-0.2, 0) is 6.54 Å². The summed E-state index contributed by atoms with van der Waals surface area (Å²) in [5, 5.41) is 20.7. The zero-order valence-corrected chi connectivity index (χ0v) is 11.2. The molecule has 2 N–H and O–H groups in total. The summed E-state index contributed by atoms with van der Waals surface area (Å²) in [6.45, 7) is 0.589. The van der Waals surface area contributed by atoms with Crippen molar-refractivity contribution in [2.45, 2.75) is 44.4 Å². The maximum atomic E-state index is 10.7. The van der Waals surface area contributed by atoms with E-state index in [1.54, 1.807) is 5.38 Å². The van der Waals surface area contributed by atoms with Gasteiger partial charge in [0.05, 0.1) is 11.8 Å². The van der Waals surface area contributed by atoms with E-state index in [0.717, 1.165) is 42.7 Å². The molecule has 100 valence electrons. The molecular weight excluding hydrogens is 252 g/mol. The first kappa shape index (κ1) is 13.5. The van der Waals surface area contributed by atoms with Gasteiger partial charge in [-0.1, -0.05) is 12.8 Å². The number of nitrogens with zero attached hydrogens (tertiary/aromatic N) is 2. The fourth-order valence-corrected chi connectivity index (χ4v) is 3.10. The molecule has 0 aliphatic heterocycles. The smallest absolute Gasteiger partial charge is 0.365 e. The highest BCUT2D eigenvalue weighted by atomic mass is 32.1. The Morgan fingerprint density at radius 2 is 2.28 bits per heavy atom. The monoisotopic (exact) mass is 270 g/mol. The highest BCUT2D eigenvalue weighted by Crippen LogP contribution is 2.23. The van der Waals surface area contributed by atoms with Crippen LogP contribution in [0.5, 0.6) is 0 Å². The Labute approximate surface area is 110 Å². The minimum Gasteiger partial charge on any atom is -0.476 e. The third kappa shape index (κ3) is 3.07. The lowest BCUT2D eigenvalue weighted by Gasteiger charge is -2.34. The quantitative estimate of drug-likeness (QED) is 0.869. The lowest BCUT2D eigenvalue weighted by atomic mass is 9.91. The van der Waals surface area contributed by atoms with Crippen LogP contribution in [0.15, 0.2) is 5.38 Å². The average Bonchev–Trinajstić information content (AvgIpc) is 2.78. The molecule has 0 spiro atoms. The van der Waals surface area contributed by atoms with Gasteiger partial charge in [-0.05, 0) is 19.9 Å². The number of aliphatic hydroxyl groups is 1. The molecule has 1 aliphatic carbocycles. The second-order valence-corrected chi connectivity index (χ2v) is 5.64. The summed E-state index contributed by atoms with van der Waals surface area (Å²) in [5.74, 6) is -0.980. The van der Waals surface area contributed by atoms with Gasteiger partial charge in [0.25, 0.3) is 0 Å². The van der Waals surface area contributed by atoms with Crippen molar-refractivity contribution in [3.63, 3.8) is 0 Å². The van der Waals surface area contributed by atoms with Crippen molar-refractivity contribution in [1.82, 2.24) is 9.88 Å². The second kappa shape index (κ2) is 5.77. The Hall–Kier alpha value is -0.980. The predicted octanol–water partition coefficient (Wildman–Crippen LogP) is 1.58. The van der Waals surface area contributed by atoms with Crippen LogP contribution in [0.2, 0.25) is 0 Å². The van der Waals surface area contributed by atoms with Gasteiger partial charge in [-0.2, -0.15) is 0 Å². The molecule has 0 amide bonds. The standard InChI is InChI=1S/C12H18N2O3S/c1-14(9-4-2-3-5-10(9)15)6-8-7-18-11(13-8)12(16)17/h7,9-10,15H,2-6H2,1H3,(H,16,17). The molecule has 2 atom stereocenters. The van der Waals surface area contributed by atoms with E-state index in [0.29, 0.717) is 6.54 Å². The van der Waals surface area contributed by atoms with E-state index in [1.807, 2.05) is 7.05 Å². The van der Waals surface area contributed by atoms with Crippen LogP contribution in [0.3, 0.4) is 0 Å². The van der Waals surface area contributed by atoms with Gasteiger partial charge in [0.15, 0.2) is 0 Å². The lowest BCUT2D eigenvalue weighted by Crippen LogP contribution is -2.42. The number of hydrogen-bond acceptors (Lipinski definition) is 5. The number of aromatic carboxylic acids is 1. The number of carboxylic acids is 1. The van der Waals surface area contributed by atoms with Crippen LogP contribution >= 0.6 is 11.3 Å². The van der Waals surface area contributed by atoms with E-state index in [2.05, 4.69) is 9.88 Å². The number of rotatable bonds is 4.